The Balaban J connectivity index is 0.000000770. The van der Waals surface area contributed by atoms with Crippen molar-refractivity contribution in [2.24, 2.45) is 5.92 Å². The van der Waals surface area contributed by atoms with Crippen LogP contribution in [0.2, 0.25) is 0 Å². The predicted octanol–water partition coefficient (Wildman–Crippen LogP) is 2.95. The SMILES string of the molecule is C#C[C@]1(CC)O[C@@H](n2ccc(=O)[nH]c2=O)C(O)C1C.ClB(Cl)Cl.ClCCl. The largest absolute Gasteiger partial charge is 0.450 e. The van der Waals surface area contributed by atoms with Gasteiger partial charge in [0.2, 0.25) is 0 Å². The number of aliphatic hydroxyl groups excluding tert-OH is 1. The molecule has 2 N–H and O–H groups in total. The lowest BCUT2D eigenvalue weighted by Crippen LogP contribution is -2.35. The molecule has 12 heteroatoms. The van der Waals surface area contributed by atoms with Crippen molar-refractivity contribution in [2.45, 2.75) is 38.2 Å². The lowest BCUT2D eigenvalue weighted by atomic mass is 9.85. The number of rotatable bonds is 2. The van der Waals surface area contributed by atoms with Gasteiger partial charge in [-0.25, -0.2) is 4.79 Å². The van der Waals surface area contributed by atoms with Crippen molar-refractivity contribution < 1.29 is 9.84 Å². The number of nitrogens with zero attached hydrogens (tertiary/aromatic N) is 1. The number of hydrogen-bond acceptors (Lipinski definition) is 4. The van der Waals surface area contributed by atoms with Crippen LogP contribution < -0.4 is 11.2 Å². The molecule has 0 spiro atoms. The Morgan fingerprint density at radius 3 is 2.27 bits per heavy atom. The minimum Gasteiger partial charge on any atom is -0.388 e. The smallest absolute Gasteiger partial charge is 0.388 e. The van der Waals surface area contributed by atoms with Crippen LogP contribution in [0.25, 0.3) is 0 Å². The number of halogens is 5. The molecule has 0 saturated carbocycles. The van der Waals surface area contributed by atoms with E-state index in [0.29, 0.717) is 6.42 Å². The first-order chi connectivity index (χ1) is 12.1. The molecular formula is C14H18BCl5N2O4. The van der Waals surface area contributed by atoms with Crippen LogP contribution in [0.1, 0.15) is 26.5 Å². The number of aromatic amines is 1. The highest BCUT2D eigenvalue weighted by molar-refractivity contribution is 7.54. The van der Waals surface area contributed by atoms with Crippen LogP contribution in [0.15, 0.2) is 21.9 Å². The maximum Gasteiger partial charge on any atom is 0.450 e. The molecule has 0 bridgehead atoms. The second-order valence-electron chi connectivity index (χ2n) is 5.04. The van der Waals surface area contributed by atoms with Crippen molar-refractivity contribution >= 4 is 62.5 Å². The van der Waals surface area contributed by atoms with Crippen molar-refractivity contribution in [3.8, 4) is 12.3 Å². The van der Waals surface area contributed by atoms with Gasteiger partial charge in [-0.3, -0.25) is 14.3 Å². The highest BCUT2D eigenvalue weighted by atomic mass is 35.6. The van der Waals surface area contributed by atoms with Gasteiger partial charge < -0.3 is 9.84 Å². The summed E-state index contributed by atoms with van der Waals surface area (Å²) < 4.78 is 6.88. The molecule has 0 aromatic carbocycles. The summed E-state index contributed by atoms with van der Waals surface area (Å²) in [7, 11) is 0. The first kappa shape index (κ1) is 25.7. The monoisotopic (exact) mass is 464 g/mol. The van der Waals surface area contributed by atoms with Gasteiger partial charge in [0.15, 0.2) is 6.23 Å². The number of alkyl halides is 2. The highest BCUT2D eigenvalue weighted by Gasteiger charge is 2.51. The minimum atomic E-state index is -0.917. The van der Waals surface area contributed by atoms with Crippen LogP contribution in [-0.2, 0) is 4.74 Å². The molecule has 1 aromatic heterocycles. The standard InChI is InChI=1S/C13H16N2O4.CH2Cl2.BCl3/c1-4-13(5-2)8(3)10(17)11(19-13)15-7-6-9(16)14-12(15)18;2-1-3;2-1(3)4/h1,6-8,10-11,17H,5H2,2-3H3,(H,14,16,18);1H2;/t8?,10?,11-,13-;;/m1../s1. The molecule has 1 fully saturated rings. The molecule has 146 valence electrons. The number of terminal acetylenes is 1. The molecule has 1 aromatic rings. The van der Waals surface area contributed by atoms with Crippen molar-refractivity contribution in [1.29, 1.82) is 0 Å². The summed E-state index contributed by atoms with van der Waals surface area (Å²) in [5, 5.41) is 10.4. The molecule has 2 heterocycles. The van der Waals surface area contributed by atoms with E-state index in [4.69, 9.17) is 68.7 Å². The van der Waals surface area contributed by atoms with Gasteiger partial charge in [0.05, 0.1) is 5.34 Å². The molecule has 2 rings (SSSR count). The average molecular weight is 466 g/mol. The third-order valence-electron chi connectivity index (χ3n) is 3.77. The molecule has 1 aliphatic heterocycles. The molecule has 26 heavy (non-hydrogen) atoms. The summed E-state index contributed by atoms with van der Waals surface area (Å²) in [6.45, 7) is 3.64. The second kappa shape index (κ2) is 12.2. The van der Waals surface area contributed by atoms with Gasteiger partial charge in [-0.1, -0.05) is 19.8 Å². The summed E-state index contributed by atoms with van der Waals surface area (Å²) in [4.78, 5) is 24.1. The minimum absolute atomic E-state index is 0.194. The van der Waals surface area contributed by atoms with E-state index in [1.165, 1.54) is 12.3 Å². The predicted molar refractivity (Wildman–Crippen MR) is 108 cm³/mol. The topological polar surface area (TPSA) is 84.3 Å². The van der Waals surface area contributed by atoms with E-state index < -0.39 is 34.1 Å². The van der Waals surface area contributed by atoms with Crippen LogP contribution in [0.3, 0.4) is 0 Å². The Labute approximate surface area is 176 Å². The zero-order valence-corrected chi connectivity index (χ0v) is 17.7. The maximum atomic E-state index is 11.7. The van der Waals surface area contributed by atoms with Gasteiger partial charge >= 0.3 is 10.6 Å². The number of H-pyrrole nitrogens is 1. The van der Waals surface area contributed by atoms with E-state index in [1.807, 2.05) is 6.92 Å². The number of aromatic nitrogens is 2. The van der Waals surface area contributed by atoms with E-state index >= 15 is 0 Å². The van der Waals surface area contributed by atoms with Crippen molar-refractivity contribution in [3.05, 3.63) is 33.1 Å². The molecule has 1 saturated heterocycles. The molecule has 0 amide bonds. The molecule has 6 nitrogen and oxygen atoms in total. The normalized spacial score (nSPS) is 26.7. The number of hydrogen-bond donors (Lipinski definition) is 2. The maximum absolute atomic E-state index is 11.7. The number of ether oxygens (including phenoxy) is 1. The summed E-state index contributed by atoms with van der Waals surface area (Å²) in [6, 6.07) is 1.20. The average Bonchev–Trinajstić information content (AvgIpc) is 2.80. The van der Waals surface area contributed by atoms with Crippen LogP contribution >= 0.6 is 57.6 Å². The van der Waals surface area contributed by atoms with Crippen molar-refractivity contribution in [3.63, 3.8) is 0 Å². The summed E-state index contributed by atoms with van der Waals surface area (Å²) >= 11 is 23.9. The fourth-order valence-electron chi connectivity index (χ4n) is 2.44. The quantitative estimate of drug-likeness (QED) is 0.399. The lowest BCUT2D eigenvalue weighted by molar-refractivity contribution is -0.0677. The fourth-order valence-corrected chi connectivity index (χ4v) is 2.44. The summed E-state index contributed by atoms with van der Waals surface area (Å²) in [5.74, 6) is 2.25. The van der Waals surface area contributed by atoms with Gasteiger partial charge in [-0.2, -0.15) is 34.4 Å². The number of nitrogens with one attached hydrogen (secondary N) is 1. The van der Waals surface area contributed by atoms with Crippen LogP contribution in [0.4, 0.5) is 0 Å². The Kier molecular flexibility index (Phi) is 12.0. The van der Waals surface area contributed by atoms with Crippen molar-refractivity contribution in [2.75, 3.05) is 5.34 Å². The third kappa shape index (κ3) is 7.01. The fraction of sp³-hybridized carbons (Fsp3) is 0.571. The van der Waals surface area contributed by atoms with Crippen LogP contribution in [0, 0.1) is 18.3 Å². The molecule has 0 radical (unpaired) electrons. The van der Waals surface area contributed by atoms with E-state index in [9.17, 15) is 14.7 Å². The van der Waals surface area contributed by atoms with E-state index in [1.54, 1.807) is 6.92 Å². The molecule has 2 unspecified atom stereocenters. The van der Waals surface area contributed by atoms with E-state index in [-0.39, 0.29) is 11.3 Å². The van der Waals surface area contributed by atoms with Gasteiger partial charge in [0, 0.05) is 18.2 Å². The van der Waals surface area contributed by atoms with Crippen LogP contribution in [-0.4, -0.2) is 36.7 Å². The summed E-state index contributed by atoms with van der Waals surface area (Å²) in [6.07, 6.45) is 5.51. The molecule has 4 atom stereocenters. The highest BCUT2D eigenvalue weighted by Crippen LogP contribution is 2.42. The molecule has 1 aliphatic rings. The Morgan fingerprint density at radius 2 is 1.92 bits per heavy atom. The van der Waals surface area contributed by atoms with Crippen molar-refractivity contribution in [1.82, 2.24) is 9.55 Å². The Morgan fingerprint density at radius 1 is 1.42 bits per heavy atom. The van der Waals surface area contributed by atoms with Crippen LogP contribution in [0.5, 0.6) is 0 Å². The molecule has 0 aliphatic carbocycles. The van der Waals surface area contributed by atoms with Gasteiger partial charge in [0.1, 0.15) is 11.7 Å². The van der Waals surface area contributed by atoms with Gasteiger partial charge in [0.25, 0.3) is 5.56 Å². The van der Waals surface area contributed by atoms with Gasteiger partial charge in [-0.15, -0.1) is 29.6 Å². The number of aliphatic hydroxyl groups is 1. The zero-order chi connectivity index (χ0) is 20.5. The first-order valence-electron chi connectivity index (χ1n) is 7.29. The second-order valence-corrected chi connectivity index (χ2v) is 7.83. The lowest BCUT2D eigenvalue weighted by Gasteiger charge is -2.25. The van der Waals surface area contributed by atoms with E-state index in [2.05, 4.69) is 10.9 Å². The Hall–Kier alpha value is -0.325. The zero-order valence-electron chi connectivity index (χ0n) is 14.0. The van der Waals surface area contributed by atoms with Gasteiger partial charge in [-0.05, 0) is 6.42 Å². The Bertz CT molecular complexity index is 705. The molecular weight excluding hydrogens is 448 g/mol. The first-order valence-corrected chi connectivity index (χ1v) is 9.67. The summed E-state index contributed by atoms with van der Waals surface area (Å²) in [5.41, 5.74) is -2.03. The third-order valence-corrected chi connectivity index (χ3v) is 3.77. The van der Waals surface area contributed by atoms with E-state index in [0.717, 1.165) is 4.57 Å².